The SMILES string of the molecule is CCCOC(=O)c1cc2cc[nH]c2cc1C. The summed E-state index contributed by atoms with van der Waals surface area (Å²) >= 11 is 0. The topological polar surface area (TPSA) is 42.1 Å². The maximum Gasteiger partial charge on any atom is 0.338 e. The van der Waals surface area contributed by atoms with Gasteiger partial charge in [-0.1, -0.05) is 6.92 Å². The minimum Gasteiger partial charge on any atom is -0.462 e. The summed E-state index contributed by atoms with van der Waals surface area (Å²) in [5.41, 5.74) is 2.64. The zero-order valence-corrected chi connectivity index (χ0v) is 9.54. The van der Waals surface area contributed by atoms with Gasteiger partial charge >= 0.3 is 5.97 Å². The Morgan fingerprint density at radius 1 is 1.44 bits per heavy atom. The number of fused-ring (bicyclic) bond motifs is 1. The van der Waals surface area contributed by atoms with E-state index in [9.17, 15) is 4.79 Å². The number of rotatable bonds is 3. The summed E-state index contributed by atoms with van der Waals surface area (Å²) in [7, 11) is 0. The van der Waals surface area contributed by atoms with Crippen molar-refractivity contribution in [2.24, 2.45) is 0 Å². The number of H-pyrrole nitrogens is 1. The van der Waals surface area contributed by atoms with Crippen molar-refractivity contribution in [1.29, 1.82) is 0 Å². The van der Waals surface area contributed by atoms with Crippen LogP contribution in [0.15, 0.2) is 24.4 Å². The molecular weight excluding hydrogens is 202 g/mol. The number of carbonyl (C=O) groups is 1. The van der Waals surface area contributed by atoms with E-state index < -0.39 is 0 Å². The molecule has 0 bridgehead atoms. The molecule has 0 saturated carbocycles. The van der Waals surface area contributed by atoms with Crippen LogP contribution in [0.1, 0.15) is 29.3 Å². The van der Waals surface area contributed by atoms with E-state index in [1.807, 2.05) is 38.2 Å². The van der Waals surface area contributed by atoms with Gasteiger partial charge in [-0.05, 0) is 37.1 Å². The van der Waals surface area contributed by atoms with Crippen molar-refractivity contribution in [3.63, 3.8) is 0 Å². The number of aromatic amines is 1. The van der Waals surface area contributed by atoms with E-state index in [0.29, 0.717) is 12.2 Å². The molecule has 1 heterocycles. The molecule has 0 spiro atoms. The second-order valence-corrected chi connectivity index (χ2v) is 3.87. The Kier molecular flexibility index (Phi) is 2.95. The molecule has 1 aromatic heterocycles. The molecule has 0 amide bonds. The Morgan fingerprint density at radius 3 is 3.00 bits per heavy atom. The largest absolute Gasteiger partial charge is 0.462 e. The maximum absolute atomic E-state index is 11.8. The van der Waals surface area contributed by atoms with Gasteiger partial charge in [-0.15, -0.1) is 0 Å². The van der Waals surface area contributed by atoms with Crippen molar-refractivity contribution in [1.82, 2.24) is 4.98 Å². The van der Waals surface area contributed by atoms with Crippen LogP contribution in [0.25, 0.3) is 10.9 Å². The number of benzene rings is 1. The lowest BCUT2D eigenvalue weighted by Gasteiger charge is -2.06. The Morgan fingerprint density at radius 2 is 2.25 bits per heavy atom. The minimum atomic E-state index is -0.234. The fourth-order valence-electron chi connectivity index (χ4n) is 1.70. The molecule has 0 fully saturated rings. The van der Waals surface area contributed by atoms with Gasteiger partial charge in [0.2, 0.25) is 0 Å². The molecule has 1 aromatic carbocycles. The predicted octanol–water partition coefficient (Wildman–Crippen LogP) is 3.04. The number of aryl methyl sites for hydroxylation is 1. The number of carbonyl (C=O) groups excluding carboxylic acids is 1. The smallest absolute Gasteiger partial charge is 0.338 e. The van der Waals surface area contributed by atoms with E-state index in [4.69, 9.17) is 4.74 Å². The van der Waals surface area contributed by atoms with E-state index in [-0.39, 0.29) is 5.97 Å². The standard InChI is InChI=1S/C13H15NO2/c1-3-6-16-13(15)11-8-10-4-5-14-12(10)7-9(11)2/h4-5,7-8,14H,3,6H2,1-2H3. The third-order valence-electron chi connectivity index (χ3n) is 2.56. The highest BCUT2D eigenvalue weighted by Gasteiger charge is 2.11. The molecule has 0 aliphatic carbocycles. The minimum absolute atomic E-state index is 0.234. The first-order valence-electron chi connectivity index (χ1n) is 5.47. The van der Waals surface area contributed by atoms with Gasteiger partial charge in [-0.2, -0.15) is 0 Å². The number of ether oxygens (including phenoxy) is 1. The Bertz CT molecular complexity index is 514. The molecule has 0 aliphatic rings. The fraction of sp³-hybridized carbons (Fsp3) is 0.308. The Labute approximate surface area is 94.4 Å². The summed E-state index contributed by atoms with van der Waals surface area (Å²) in [6.45, 7) is 4.38. The lowest BCUT2D eigenvalue weighted by molar-refractivity contribution is 0.0504. The Balaban J connectivity index is 2.35. The summed E-state index contributed by atoms with van der Waals surface area (Å²) in [6, 6.07) is 5.79. The summed E-state index contributed by atoms with van der Waals surface area (Å²) < 4.78 is 5.13. The molecule has 0 aliphatic heterocycles. The van der Waals surface area contributed by atoms with Gasteiger partial charge in [0.05, 0.1) is 12.2 Å². The zero-order valence-electron chi connectivity index (χ0n) is 9.54. The first-order valence-corrected chi connectivity index (χ1v) is 5.47. The van der Waals surface area contributed by atoms with Gasteiger partial charge in [0, 0.05) is 17.1 Å². The number of aromatic nitrogens is 1. The van der Waals surface area contributed by atoms with Crippen LogP contribution in [0.2, 0.25) is 0 Å². The average Bonchev–Trinajstić information content (AvgIpc) is 2.71. The molecule has 0 radical (unpaired) electrons. The third-order valence-corrected chi connectivity index (χ3v) is 2.56. The zero-order chi connectivity index (χ0) is 11.5. The lowest BCUT2D eigenvalue weighted by Crippen LogP contribution is -2.07. The molecule has 1 N–H and O–H groups in total. The maximum atomic E-state index is 11.8. The summed E-state index contributed by atoms with van der Waals surface area (Å²) in [5, 5.41) is 1.04. The van der Waals surface area contributed by atoms with Crippen LogP contribution < -0.4 is 0 Å². The molecule has 3 heteroatoms. The van der Waals surface area contributed by atoms with Crippen LogP contribution >= 0.6 is 0 Å². The van der Waals surface area contributed by atoms with E-state index in [2.05, 4.69) is 4.98 Å². The van der Waals surface area contributed by atoms with Crippen LogP contribution in [0.4, 0.5) is 0 Å². The monoisotopic (exact) mass is 217 g/mol. The fourth-order valence-corrected chi connectivity index (χ4v) is 1.70. The van der Waals surface area contributed by atoms with Crippen molar-refractivity contribution in [2.75, 3.05) is 6.61 Å². The van der Waals surface area contributed by atoms with Crippen LogP contribution in [-0.4, -0.2) is 17.6 Å². The average molecular weight is 217 g/mol. The van der Waals surface area contributed by atoms with Gasteiger partial charge < -0.3 is 9.72 Å². The highest BCUT2D eigenvalue weighted by Crippen LogP contribution is 2.19. The van der Waals surface area contributed by atoms with Gasteiger partial charge in [0.1, 0.15) is 0 Å². The van der Waals surface area contributed by atoms with E-state index in [0.717, 1.165) is 22.9 Å². The van der Waals surface area contributed by atoms with Crippen molar-refractivity contribution in [3.05, 3.63) is 35.5 Å². The highest BCUT2D eigenvalue weighted by molar-refractivity contribution is 5.96. The quantitative estimate of drug-likeness (QED) is 0.803. The highest BCUT2D eigenvalue weighted by atomic mass is 16.5. The van der Waals surface area contributed by atoms with Crippen LogP contribution in [0, 0.1) is 6.92 Å². The van der Waals surface area contributed by atoms with E-state index >= 15 is 0 Å². The second-order valence-electron chi connectivity index (χ2n) is 3.87. The molecule has 0 saturated heterocycles. The molecule has 2 rings (SSSR count). The van der Waals surface area contributed by atoms with Gasteiger partial charge in [0.25, 0.3) is 0 Å². The molecular formula is C13H15NO2. The Hall–Kier alpha value is -1.77. The van der Waals surface area contributed by atoms with Crippen LogP contribution in [0.5, 0.6) is 0 Å². The van der Waals surface area contributed by atoms with Crippen molar-refractivity contribution < 1.29 is 9.53 Å². The first kappa shape index (κ1) is 10.7. The first-order chi connectivity index (χ1) is 7.72. The van der Waals surface area contributed by atoms with Crippen LogP contribution in [0.3, 0.4) is 0 Å². The summed E-state index contributed by atoms with van der Waals surface area (Å²) in [6.07, 6.45) is 2.71. The summed E-state index contributed by atoms with van der Waals surface area (Å²) in [4.78, 5) is 14.9. The van der Waals surface area contributed by atoms with Crippen LogP contribution in [-0.2, 0) is 4.74 Å². The second kappa shape index (κ2) is 4.39. The number of nitrogens with one attached hydrogen (secondary N) is 1. The van der Waals surface area contributed by atoms with Crippen molar-refractivity contribution >= 4 is 16.9 Å². The lowest BCUT2D eigenvalue weighted by atomic mass is 10.1. The van der Waals surface area contributed by atoms with Gasteiger partial charge in [-0.3, -0.25) is 0 Å². The predicted molar refractivity (Wildman–Crippen MR) is 63.6 cm³/mol. The number of hydrogen-bond donors (Lipinski definition) is 1. The van der Waals surface area contributed by atoms with Crippen molar-refractivity contribution in [3.8, 4) is 0 Å². The van der Waals surface area contributed by atoms with E-state index in [1.54, 1.807) is 0 Å². The van der Waals surface area contributed by atoms with Crippen molar-refractivity contribution in [2.45, 2.75) is 20.3 Å². The normalized spacial score (nSPS) is 10.6. The molecule has 16 heavy (non-hydrogen) atoms. The molecule has 3 nitrogen and oxygen atoms in total. The summed E-state index contributed by atoms with van der Waals surface area (Å²) in [5.74, 6) is -0.234. The molecule has 0 unspecified atom stereocenters. The third kappa shape index (κ3) is 1.94. The molecule has 0 atom stereocenters. The number of hydrogen-bond acceptors (Lipinski definition) is 2. The van der Waals surface area contributed by atoms with Gasteiger partial charge in [0.15, 0.2) is 0 Å². The van der Waals surface area contributed by atoms with Gasteiger partial charge in [-0.25, -0.2) is 4.79 Å². The molecule has 84 valence electrons. The number of esters is 1. The molecule has 2 aromatic rings. The van der Waals surface area contributed by atoms with E-state index in [1.165, 1.54) is 0 Å².